The zero-order chi connectivity index (χ0) is 18.8. The molecule has 1 N–H and O–H groups in total. The van der Waals surface area contributed by atoms with Gasteiger partial charge in [0.15, 0.2) is 15.8 Å². The van der Waals surface area contributed by atoms with Gasteiger partial charge in [-0.2, -0.15) is 0 Å². The van der Waals surface area contributed by atoms with Crippen molar-refractivity contribution in [1.29, 1.82) is 0 Å². The molecule has 2 aromatic rings. The van der Waals surface area contributed by atoms with E-state index in [0.717, 1.165) is 15.7 Å². The van der Waals surface area contributed by atoms with Crippen LogP contribution >= 0.6 is 55.8 Å². The van der Waals surface area contributed by atoms with Gasteiger partial charge in [0.25, 0.3) is 5.91 Å². The first-order valence-corrected chi connectivity index (χ1v) is 10.4. The van der Waals surface area contributed by atoms with E-state index in [0.29, 0.717) is 26.1 Å². The number of aromatic hydroxyl groups is 1. The van der Waals surface area contributed by atoms with E-state index in [1.54, 1.807) is 18.2 Å². The molecule has 0 aromatic heterocycles. The van der Waals surface area contributed by atoms with Crippen molar-refractivity contribution in [2.45, 2.75) is 6.92 Å². The molecule has 3 rings (SSSR count). The molecule has 134 valence electrons. The number of hydrogen-bond donors (Lipinski definition) is 1. The number of nitrogens with zero attached hydrogens (tertiary/aromatic N) is 1. The summed E-state index contributed by atoms with van der Waals surface area (Å²) in [6.45, 7) is 2.27. The Labute approximate surface area is 177 Å². The Bertz CT molecular complexity index is 913. The molecule has 2 aromatic carbocycles. The van der Waals surface area contributed by atoms with E-state index in [9.17, 15) is 9.90 Å². The first kappa shape index (κ1) is 19.4. The monoisotopic (exact) mass is 513 g/mol. The minimum atomic E-state index is -0.180. The Morgan fingerprint density at radius 3 is 2.62 bits per heavy atom. The molecule has 0 atom stereocenters. The number of amides is 1. The molecular formula is C18H13Br2NO3S2. The van der Waals surface area contributed by atoms with Crippen LogP contribution in [0.1, 0.15) is 12.5 Å². The quantitative estimate of drug-likeness (QED) is 0.417. The van der Waals surface area contributed by atoms with E-state index < -0.39 is 0 Å². The van der Waals surface area contributed by atoms with E-state index in [2.05, 4.69) is 31.9 Å². The van der Waals surface area contributed by atoms with Gasteiger partial charge in [0.05, 0.1) is 17.2 Å². The Morgan fingerprint density at radius 2 is 1.96 bits per heavy atom. The van der Waals surface area contributed by atoms with Gasteiger partial charge in [0, 0.05) is 8.95 Å². The van der Waals surface area contributed by atoms with Gasteiger partial charge in [0.1, 0.15) is 0 Å². The fourth-order valence-electron chi connectivity index (χ4n) is 2.36. The fourth-order valence-corrected chi connectivity index (χ4v) is 4.36. The molecule has 1 aliphatic heterocycles. The summed E-state index contributed by atoms with van der Waals surface area (Å²) in [5, 5.41) is 9.93. The number of thioether (sulfide) groups is 1. The van der Waals surface area contributed by atoms with Crippen molar-refractivity contribution in [3.8, 4) is 11.5 Å². The summed E-state index contributed by atoms with van der Waals surface area (Å²) in [5.74, 6) is 0.226. The van der Waals surface area contributed by atoms with Crippen molar-refractivity contribution >= 4 is 77.8 Å². The molecule has 0 aliphatic carbocycles. The number of phenols is 1. The largest absolute Gasteiger partial charge is 0.504 e. The number of ether oxygens (including phenoxy) is 1. The molecule has 0 bridgehead atoms. The smallest absolute Gasteiger partial charge is 0.270 e. The summed E-state index contributed by atoms with van der Waals surface area (Å²) in [6, 6.07) is 10.6. The van der Waals surface area contributed by atoms with E-state index in [-0.39, 0.29) is 11.7 Å². The Balaban J connectivity index is 1.95. The number of carbonyl (C=O) groups is 1. The topological polar surface area (TPSA) is 49.8 Å². The van der Waals surface area contributed by atoms with Crippen LogP contribution in [0.4, 0.5) is 5.69 Å². The SMILES string of the molecule is CCOc1cc(/C=C2\SC(=S)N(c3ccc(Br)cc3)C2=O)c(Br)cc1O. The average molecular weight is 515 g/mol. The predicted molar refractivity (Wildman–Crippen MR) is 117 cm³/mol. The summed E-state index contributed by atoms with van der Waals surface area (Å²) in [7, 11) is 0. The first-order valence-electron chi connectivity index (χ1n) is 7.59. The summed E-state index contributed by atoms with van der Waals surface area (Å²) in [6.07, 6.45) is 1.74. The molecule has 26 heavy (non-hydrogen) atoms. The Hall–Kier alpha value is -1.35. The fraction of sp³-hybridized carbons (Fsp3) is 0.111. The minimum Gasteiger partial charge on any atom is -0.504 e. The predicted octanol–water partition coefficient (Wildman–Crippen LogP) is 5.72. The van der Waals surface area contributed by atoms with Crippen molar-refractivity contribution in [2.24, 2.45) is 0 Å². The van der Waals surface area contributed by atoms with Gasteiger partial charge in [-0.05, 0) is 55.0 Å². The number of benzene rings is 2. The van der Waals surface area contributed by atoms with Crippen LogP contribution in [0.25, 0.3) is 6.08 Å². The first-order chi connectivity index (χ1) is 12.4. The van der Waals surface area contributed by atoms with Crippen LogP contribution < -0.4 is 9.64 Å². The summed E-state index contributed by atoms with van der Waals surface area (Å²) in [5.41, 5.74) is 1.45. The number of carbonyl (C=O) groups excluding carboxylic acids is 1. The molecule has 0 spiro atoms. The normalized spacial score (nSPS) is 15.8. The second-order valence-electron chi connectivity index (χ2n) is 5.27. The number of thiocarbonyl (C=S) groups is 1. The third-order valence-electron chi connectivity index (χ3n) is 3.54. The lowest BCUT2D eigenvalue weighted by atomic mass is 10.2. The molecule has 1 heterocycles. The van der Waals surface area contributed by atoms with Crippen molar-refractivity contribution in [2.75, 3.05) is 11.5 Å². The zero-order valence-electron chi connectivity index (χ0n) is 13.5. The zero-order valence-corrected chi connectivity index (χ0v) is 18.3. The third-order valence-corrected chi connectivity index (χ3v) is 6.06. The number of anilines is 1. The molecule has 1 aliphatic rings. The highest BCUT2D eigenvalue weighted by Crippen LogP contribution is 2.39. The van der Waals surface area contributed by atoms with E-state index >= 15 is 0 Å². The number of halogens is 2. The van der Waals surface area contributed by atoms with Gasteiger partial charge in [-0.1, -0.05) is 55.8 Å². The van der Waals surface area contributed by atoms with Crippen LogP contribution in [0.2, 0.25) is 0 Å². The molecule has 1 amide bonds. The number of rotatable bonds is 4. The highest BCUT2D eigenvalue weighted by atomic mass is 79.9. The van der Waals surface area contributed by atoms with Gasteiger partial charge in [-0.25, -0.2) is 0 Å². The Kier molecular flexibility index (Phi) is 6.06. The second kappa shape index (κ2) is 8.12. The molecular weight excluding hydrogens is 502 g/mol. The molecule has 8 heteroatoms. The number of hydrogen-bond acceptors (Lipinski definition) is 5. The molecule has 1 saturated heterocycles. The third kappa shape index (κ3) is 3.98. The Morgan fingerprint density at radius 1 is 1.27 bits per heavy atom. The summed E-state index contributed by atoms with van der Waals surface area (Å²) in [4.78, 5) is 14.9. The molecule has 0 unspecified atom stereocenters. The average Bonchev–Trinajstić information content (AvgIpc) is 2.87. The van der Waals surface area contributed by atoms with Crippen LogP contribution in [0.3, 0.4) is 0 Å². The maximum atomic E-state index is 12.8. The van der Waals surface area contributed by atoms with E-state index in [1.165, 1.54) is 16.7 Å². The lowest BCUT2D eigenvalue weighted by Gasteiger charge is -2.14. The van der Waals surface area contributed by atoms with Crippen LogP contribution in [-0.4, -0.2) is 21.9 Å². The molecule has 0 radical (unpaired) electrons. The second-order valence-corrected chi connectivity index (χ2v) is 8.71. The summed E-state index contributed by atoms with van der Waals surface area (Å²) >= 11 is 13.4. The van der Waals surface area contributed by atoms with Crippen LogP contribution in [0.5, 0.6) is 11.5 Å². The highest BCUT2D eigenvalue weighted by molar-refractivity contribution is 9.10. The van der Waals surface area contributed by atoms with E-state index in [4.69, 9.17) is 17.0 Å². The maximum absolute atomic E-state index is 12.8. The van der Waals surface area contributed by atoms with Crippen molar-refractivity contribution in [3.05, 3.63) is 55.8 Å². The van der Waals surface area contributed by atoms with E-state index in [1.807, 2.05) is 31.2 Å². The van der Waals surface area contributed by atoms with Crippen LogP contribution in [0, 0.1) is 0 Å². The number of phenolic OH excluding ortho intramolecular Hbond substituents is 1. The van der Waals surface area contributed by atoms with Crippen molar-refractivity contribution in [3.63, 3.8) is 0 Å². The van der Waals surface area contributed by atoms with Crippen LogP contribution in [0.15, 0.2) is 50.2 Å². The highest BCUT2D eigenvalue weighted by Gasteiger charge is 2.33. The van der Waals surface area contributed by atoms with Crippen molar-refractivity contribution in [1.82, 2.24) is 0 Å². The van der Waals surface area contributed by atoms with Gasteiger partial charge >= 0.3 is 0 Å². The van der Waals surface area contributed by atoms with Crippen molar-refractivity contribution < 1.29 is 14.6 Å². The minimum absolute atomic E-state index is 0.0401. The lowest BCUT2D eigenvalue weighted by molar-refractivity contribution is -0.113. The maximum Gasteiger partial charge on any atom is 0.270 e. The van der Waals surface area contributed by atoms with Gasteiger partial charge < -0.3 is 9.84 Å². The standard InChI is InChI=1S/C18H13Br2NO3S2/c1-2-24-15-7-10(13(20)9-14(15)22)8-16-17(23)21(18(25)26-16)12-5-3-11(19)4-6-12/h3-9,22H,2H2,1H3/b16-8-. The van der Waals surface area contributed by atoms with Gasteiger partial charge in [0.2, 0.25) is 0 Å². The molecule has 4 nitrogen and oxygen atoms in total. The molecule has 1 fully saturated rings. The lowest BCUT2D eigenvalue weighted by Crippen LogP contribution is -2.27. The molecule has 0 saturated carbocycles. The van der Waals surface area contributed by atoms with Crippen LogP contribution in [-0.2, 0) is 4.79 Å². The van der Waals surface area contributed by atoms with Gasteiger partial charge in [-0.15, -0.1) is 0 Å². The van der Waals surface area contributed by atoms with Gasteiger partial charge in [-0.3, -0.25) is 9.69 Å². The summed E-state index contributed by atoms with van der Waals surface area (Å²) < 4.78 is 7.48.